The van der Waals surface area contributed by atoms with Crippen molar-refractivity contribution in [2.75, 3.05) is 0 Å². The number of aliphatic hydroxyl groups is 1. The summed E-state index contributed by atoms with van der Waals surface area (Å²) in [5.41, 5.74) is 5.34. The molecular weight excluding hydrogens is 300 g/mol. The Hall–Kier alpha value is -2.45. The number of nitrogens with one attached hydrogen (secondary N) is 1. The van der Waals surface area contributed by atoms with Gasteiger partial charge in [-0.3, -0.25) is 9.59 Å². The number of benzene rings is 1. The molecule has 4 N–H and O–H groups in total. The molecule has 2 amide bonds. The second kappa shape index (κ2) is 6.33. The number of aromatic nitrogens is 2. The van der Waals surface area contributed by atoms with E-state index in [9.17, 15) is 14.7 Å². The number of halogens is 1. The largest absolute Gasteiger partial charge is 0.378 e. The van der Waals surface area contributed by atoms with Crippen LogP contribution in [0.1, 0.15) is 28.2 Å². The number of aliphatic hydroxyl groups excluding tert-OH is 1. The Morgan fingerprint density at radius 1 is 1.38 bits per heavy atom. The molecule has 0 bridgehead atoms. The molecular formula is C12H11ClN4O4. The minimum Gasteiger partial charge on any atom is -0.378 e. The van der Waals surface area contributed by atoms with Gasteiger partial charge in [0.15, 0.2) is 11.9 Å². The van der Waals surface area contributed by atoms with Crippen LogP contribution in [-0.2, 0) is 11.3 Å². The van der Waals surface area contributed by atoms with E-state index in [4.69, 9.17) is 17.3 Å². The van der Waals surface area contributed by atoms with Gasteiger partial charge in [-0.05, 0) is 17.7 Å². The van der Waals surface area contributed by atoms with Crippen LogP contribution >= 0.6 is 11.6 Å². The van der Waals surface area contributed by atoms with Crippen molar-refractivity contribution < 1.29 is 19.2 Å². The first-order valence-electron chi connectivity index (χ1n) is 5.81. The summed E-state index contributed by atoms with van der Waals surface area (Å²) in [6, 6.07) is 6.19. The van der Waals surface area contributed by atoms with Gasteiger partial charge in [-0.1, -0.05) is 28.9 Å². The third-order valence-corrected chi connectivity index (χ3v) is 2.79. The first-order valence-corrected chi connectivity index (χ1v) is 6.19. The lowest BCUT2D eigenvalue weighted by atomic mass is 10.1. The Morgan fingerprint density at radius 2 is 2.05 bits per heavy atom. The molecule has 0 aliphatic heterocycles. The van der Waals surface area contributed by atoms with Crippen LogP contribution in [0.5, 0.6) is 0 Å². The first-order chi connectivity index (χ1) is 9.97. The second-order valence-electron chi connectivity index (χ2n) is 4.05. The molecule has 21 heavy (non-hydrogen) atoms. The van der Waals surface area contributed by atoms with E-state index >= 15 is 0 Å². The Balaban J connectivity index is 1.94. The van der Waals surface area contributed by atoms with Crippen molar-refractivity contribution in [1.29, 1.82) is 0 Å². The van der Waals surface area contributed by atoms with Gasteiger partial charge < -0.3 is 20.7 Å². The van der Waals surface area contributed by atoms with E-state index in [2.05, 4.69) is 20.0 Å². The number of hydrogen-bond donors (Lipinski definition) is 3. The average Bonchev–Trinajstić information content (AvgIpc) is 2.94. The van der Waals surface area contributed by atoms with Crippen LogP contribution in [0.2, 0.25) is 5.02 Å². The van der Waals surface area contributed by atoms with Crippen LogP contribution in [0, 0.1) is 0 Å². The molecule has 2 rings (SSSR count). The highest BCUT2D eigenvalue weighted by Crippen LogP contribution is 2.16. The maximum absolute atomic E-state index is 11.8. The molecule has 2 aromatic rings. The smallest absolute Gasteiger partial charge is 0.315 e. The van der Waals surface area contributed by atoms with Crippen molar-refractivity contribution >= 4 is 23.4 Å². The van der Waals surface area contributed by atoms with Crippen LogP contribution < -0.4 is 11.1 Å². The molecule has 0 saturated heterocycles. The first kappa shape index (κ1) is 14.9. The van der Waals surface area contributed by atoms with Gasteiger partial charge in [-0.25, -0.2) is 0 Å². The molecule has 0 fully saturated rings. The molecule has 8 nitrogen and oxygen atoms in total. The van der Waals surface area contributed by atoms with Crippen molar-refractivity contribution in [2.45, 2.75) is 12.6 Å². The molecule has 0 aliphatic carbocycles. The number of carbonyl (C=O) groups is 2. The van der Waals surface area contributed by atoms with E-state index in [0.29, 0.717) is 10.6 Å². The third-order valence-electron chi connectivity index (χ3n) is 2.53. The van der Waals surface area contributed by atoms with Gasteiger partial charge in [-0.15, -0.1) is 0 Å². The maximum Gasteiger partial charge on any atom is 0.315 e. The normalized spacial score (nSPS) is 11.9. The molecule has 0 spiro atoms. The standard InChI is InChI=1S/C12H11ClN4O4/c13-7-3-1-6(2-4-7)9(18)11(20)15-5-8-16-12(10(14)19)21-17-8/h1-4,9,18H,5H2,(H2,14,19)(H,15,20)/t9-/m0/s1. The summed E-state index contributed by atoms with van der Waals surface area (Å²) in [5, 5.41) is 16.2. The maximum atomic E-state index is 11.8. The number of rotatable bonds is 5. The fourth-order valence-corrected chi connectivity index (χ4v) is 1.61. The molecule has 110 valence electrons. The molecule has 9 heteroatoms. The number of hydrogen-bond acceptors (Lipinski definition) is 6. The molecule has 1 aromatic carbocycles. The quantitative estimate of drug-likeness (QED) is 0.721. The minimum atomic E-state index is -1.36. The highest BCUT2D eigenvalue weighted by molar-refractivity contribution is 6.30. The predicted octanol–water partition coefficient (Wildman–Crippen LogP) is 0.172. The third kappa shape index (κ3) is 3.77. The average molecular weight is 311 g/mol. The molecule has 1 aromatic heterocycles. The van der Waals surface area contributed by atoms with Crippen LogP contribution in [0.15, 0.2) is 28.8 Å². The lowest BCUT2D eigenvalue weighted by molar-refractivity contribution is -0.129. The van der Waals surface area contributed by atoms with E-state index < -0.39 is 17.9 Å². The van der Waals surface area contributed by atoms with Crippen molar-refractivity contribution in [3.05, 3.63) is 46.6 Å². The van der Waals surface area contributed by atoms with Crippen LogP contribution in [-0.4, -0.2) is 27.1 Å². The van der Waals surface area contributed by atoms with Gasteiger partial charge in [0.05, 0.1) is 6.54 Å². The summed E-state index contributed by atoms with van der Waals surface area (Å²) >= 11 is 5.72. The van der Waals surface area contributed by atoms with E-state index in [1.807, 2.05) is 0 Å². The van der Waals surface area contributed by atoms with Crippen LogP contribution in [0.25, 0.3) is 0 Å². The van der Waals surface area contributed by atoms with Crippen molar-refractivity contribution in [3.63, 3.8) is 0 Å². The fourth-order valence-electron chi connectivity index (χ4n) is 1.49. The topological polar surface area (TPSA) is 131 Å². The van der Waals surface area contributed by atoms with Crippen molar-refractivity contribution in [3.8, 4) is 0 Å². The van der Waals surface area contributed by atoms with Crippen LogP contribution in [0.3, 0.4) is 0 Å². The Morgan fingerprint density at radius 3 is 2.62 bits per heavy atom. The number of carbonyl (C=O) groups excluding carboxylic acids is 2. The summed E-state index contributed by atoms with van der Waals surface area (Å²) in [6.45, 7) is -0.111. The van der Waals surface area contributed by atoms with Crippen molar-refractivity contribution in [1.82, 2.24) is 15.5 Å². The Labute approximate surface area is 123 Å². The zero-order valence-electron chi connectivity index (χ0n) is 10.6. The lowest BCUT2D eigenvalue weighted by Crippen LogP contribution is -2.29. The number of primary amides is 1. The molecule has 0 unspecified atom stereocenters. The van der Waals surface area contributed by atoms with Crippen molar-refractivity contribution in [2.24, 2.45) is 5.73 Å². The summed E-state index contributed by atoms with van der Waals surface area (Å²) in [4.78, 5) is 26.2. The summed E-state index contributed by atoms with van der Waals surface area (Å²) < 4.78 is 4.55. The SMILES string of the molecule is NC(=O)c1nc(CNC(=O)[C@@H](O)c2ccc(Cl)cc2)no1. The van der Waals surface area contributed by atoms with Gasteiger partial charge >= 0.3 is 11.8 Å². The van der Waals surface area contributed by atoms with Gasteiger partial charge in [0.1, 0.15) is 0 Å². The van der Waals surface area contributed by atoms with Gasteiger partial charge in [0.2, 0.25) is 0 Å². The lowest BCUT2D eigenvalue weighted by Gasteiger charge is -2.10. The summed E-state index contributed by atoms with van der Waals surface area (Å²) in [5.74, 6) is -1.79. The molecule has 1 atom stereocenters. The molecule has 0 radical (unpaired) electrons. The van der Waals surface area contributed by atoms with Crippen LogP contribution in [0.4, 0.5) is 0 Å². The predicted molar refractivity (Wildman–Crippen MR) is 71.1 cm³/mol. The van der Waals surface area contributed by atoms with E-state index in [1.54, 1.807) is 12.1 Å². The second-order valence-corrected chi connectivity index (χ2v) is 4.49. The summed E-state index contributed by atoms with van der Waals surface area (Å²) in [7, 11) is 0. The zero-order chi connectivity index (χ0) is 15.4. The zero-order valence-corrected chi connectivity index (χ0v) is 11.4. The molecule has 0 aliphatic rings. The Kier molecular flexibility index (Phi) is 4.51. The fraction of sp³-hybridized carbons (Fsp3) is 0.167. The van der Waals surface area contributed by atoms with E-state index in [-0.39, 0.29) is 18.3 Å². The Bertz CT molecular complexity index is 656. The molecule has 1 heterocycles. The summed E-state index contributed by atoms with van der Waals surface area (Å²) in [6.07, 6.45) is -1.36. The van der Waals surface area contributed by atoms with Gasteiger partial charge in [0, 0.05) is 5.02 Å². The number of nitrogens with two attached hydrogens (primary N) is 1. The minimum absolute atomic E-state index is 0.0699. The van der Waals surface area contributed by atoms with Gasteiger partial charge in [0.25, 0.3) is 5.91 Å². The monoisotopic (exact) mass is 310 g/mol. The van der Waals surface area contributed by atoms with E-state index in [1.165, 1.54) is 12.1 Å². The highest BCUT2D eigenvalue weighted by atomic mass is 35.5. The van der Waals surface area contributed by atoms with E-state index in [0.717, 1.165) is 0 Å². The number of nitrogens with zero attached hydrogens (tertiary/aromatic N) is 2. The highest BCUT2D eigenvalue weighted by Gasteiger charge is 2.18. The molecule has 0 saturated carbocycles. The number of amides is 2. The van der Waals surface area contributed by atoms with Gasteiger partial charge in [-0.2, -0.15) is 4.98 Å².